The number of carbonyl (C=O) groups is 1. The van der Waals surface area contributed by atoms with Crippen molar-refractivity contribution >= 4 is 26.0 Å². The molecule has 1 N–H and O–H groups in total. The molecule has 0 amide bonds. The molecule has 1 atom stereocenters. The first-order valence-corrected chi connectivity index (χ1v) is 10.1. The molecule has 0 aliphatic heterocycles. The standard InChI is InChI=1S/C12H26O4SSi/c1-5-18(6-2,7-3)15-8-9-17-12(10-13)16-11(4)14/h12-13H,5-10H2,1-4H3/t12-/m0/s1. The van der Waals surface area contributed by atoms with E-state index in [9.17, 15) is 4.79 Å². The molecule has 0 aromatic carbocycles. The van der Waals surface area contributed by atoms with E-state index >= 15 is 0 Å². The van der Waals surface area contributed by atoms with Crippen molar-refractivity contribution in [1.29, 1.82) is 0 Å². The van der Waals surface area contributed by atoms with Crippen LogP contribution in [0.4, 0.5) is 0 Å². The second-order valence-electron chi connectivity index (χ2n) is 4.18. The third kappa shape index (κ3) is 6.77. The fourth-order valence-corrected chi connectivity index (χ4v) is 5.35. The summed E-state index contributed by atoms with van der Waals surface area (Å²) in [6, 6.07) is 3.41. The van der Waals surface area contributed by atoms with Gasteiger partial charge in [0.2, 0.25) is 0 Å². The monoisotopic (exact) mass is 294 g/mol. The Morgan fingerprint density at radius 1 is 1.28 bits per heavy atom. The normalized spacial score (nSPS) is 13.4. The lowest BCUT2D eigenvalue weighted by atomic mass is 10.7. The average Bonchev–Trinajstić information content (AvgIpc) is 2.38. The summed E-state index contributed by atoms with van der Waals surface area (Å²) in [6.45, 7) is 8.46. The summed E-state index contributed by atoms with van der Waals surface area (Å²) in [4.78, 5) is 10.8. The Bertz CT molecular complexity index is 226. The molecule has 0 rings (SSSR count). The quantitative estimate of drug-likeness (QED) is 0.290. The zero-order valence-electron chi connectivity index (χ0n) is 11.9. The van der Waals surface area contributed by atoms with Gasteiger partial charge in [0.15, 0.2) is 13.8 Å². The molecule has 0 aromatic heterocycles. The largest absolute Gasteiger partial charge is 0.449 e. The molecule has 4 nitrogen and oxygen atoms in total. The van der Waals surface area contributed by atoms with Gasteiger partial charge in [-0.1, -0.05) is 20.8 Å². The lowest BCUT2D eigenvalue weighted by Gasteiger charge is -2.28. The van der Waals surface area contributed by atoms with Gasteiger partial charge < -0.3 is 14.3 Å². The fourth-order valence-electron chi connectivity index (χ4n) is 1.80. The third-order valence-electron chi connectivity index (χ3n) is 3.17. The van der Waals surface area contributed by atoms with Gasteiger partial charge in [-0.3, -0.25) is 4.79 Å². The summed E-state index contributed by atoms with van der Waals surface area (Å²) in [5.41, 5.74) is -0.466. The number of ether oxygens (including phenoxy) is 1. The number of esters is 1. The van der Waals surface area contributed by atoms with Crippen LogP contribution in [0.5, 0.6) is 0 Å². The molecule has 0 saturated carbocycles. The minimum absolute atomic E-state index is 0.151. The third-order valence-corrected chi connectivity index (χ3v) is 8.88. The van der Waals surface area contributed by atoms with Gasteiger partial charge in [0.1, 0.15) is 0 Å². The number of hydrogen-bond acceptors (Lipinski definition) is 5. The number of carbonyl (C=O) groups excluding carboxylic acids is 1. The van der Waals surface area contributed by atoms with E-state index in [-0.39, 0.29) is 12.6 Å². The van der Waals surface area contributed by atoms with E-state index < -0.39 is 13.8 Å². The predicted molar refractivity (Wildman–Crippen MR) is 78.2 cm³/mol. The van der Waals surface area contributed by atoms with Crippen molar-refractivity contribution in [3.05, 3.63) is 0 Å². The van der Waals surface area contributed by atoms with Crippen molar-refractivity contribution in [3.8, 4) is 0 Å². The van der Waals surface area contributed by atoms with Crippen LogP contribution in [0.2, 0.25) is 18.1 Å². The second-order valence-corrected chi connectivity index (χ2v) is 10.2. The minimum atomic E-state index is -1.52. The van der Waals surface area contributed by atoms with Crippen LogP contribution in [0.25, 0.3) is 0 Å². The van der Waals surface area contributed by atoms with Crippen LogP contribution in [0.3, 0.4) is 0 Å². The Hall–Kier alpha value is -0.0431. The van der Waals surface area contributed by atoms with Crippen LogP contribution in [0.15, 0.2) is 0 Å². The van der Waals surface area contributed by atoms with Crippen molar-refractivity contribution in [1.82, 2.24) is 0 Å². The highest BCUT2D eigenvalue weighted by Gasteiger charge is 2.28. The van der Waals surface area contributed by atoms with Gasteiger partial charge in [-0.05, 0) is 18.1 Å². The SMILES string of the molecule is CC[Si](CC)(CC)OCCS[C@@H](CO)OC(C)=O. The molecular weight excluding hydrogens is 268 g/mol. The molecule has 0 radical (unpaired) electrons. The van der Waals surface area contributed by atoms with E-state index in [4.69, 9.17) is 14.3 Å². The Labute approximate surface area is 116 Å². The van der Waals surface area contributed by atoms with Crippen LogP contribution >= 0.6 is 11.8 Å². The molecule has 6 heteroatoms. The van der Waals surface area contributed by atoms with Gasteiger partial charge in [-0.25, -0.2) is 0 Å². The van der Waals surface area contributed by atoms with Gasteiger partial charge in [0.05, 0.1) is 6.61 Å². The highest BCUT2D eigenvalue weighted by molar-refractivity contribution is 7.99. The van der Waals surface area contributed by atoms with E-state index in [1.165, 1.54) is 18.7 Å². The maximum absolute atomic E-state index is 10.8. The van der Waals surface area contributed by atoms with Gasteiger partial charge in [-0.15, -0.1) is 11.8 Å². The molecule has 0 unspecified atom stereocenters. The lowest BCUT2D eigenvalue weighted by Crippen LogP contribution is -2.36. The molecule has 0 aromatic rings. The second kappa shape index (κ2) is 9.83. The maximum atomic E-state index is 10.8. The topological polar surface area (TPSA) is 55.8 Å². The highest BCUT2D eigenvalue weighted by Crippen LogP contribution is 2.22. The number of rotatable bonds is 10. The smallest absolute Gasteiger partial charge is 0.303 e. The van der Waals surface area contributed by atoms with Gasteiger partial charge in [-0.2, -0.15) is 0 Å². The number of aliphatic hydroxyl groups excluding tert-OH is 1. The van der Waals surface area contributed by atoms with Crippen LogP contribution in [-0.2, 0) is 14.0 Å². The van der Waals surface area contributed by atoms with Gasteiger partial charge in [0, 0.05) is 19.3 Å². The summed E-state index contributed by atoms with van der Waals surface area (Å²) in [6.07, 6.45) is 0. The Balaban J connectivity index is 3.92. The van der Waals surface area contributed by atoms with Crippen molar-refractivity contribution in [3.63, 3.8) is 0 Å². The zero-order chi connectivity index (χ0) is 14.0. The van der Waals surface area contributed by atoms with E-state index in [2.05, 4.69) is 20.8 Å². The van der Waals surface area contributed by atoms with Crippen molar-refractivity contribution < 1.29 is 19.1 Å². The van der Waals surface area contributed by atoms with Crippen LogP contribution in [0, 0.1) is 0 Å². The lowest BCUT2D eigenvalue weighted by molar-refractivity contribution is -0.143. The molecule has 108 valence electrons. The first kappa shape index (κ1) is 18.0. The zero-order valence-corrected chi connectivity index (χ0v) is 13.7. The maximum Gasteiger partial charge on any atom is 0.303 e. The number of thioether (sulfide) groups is 1. The molecule has 0 saturated heterocycles. The van der Waals surface area contributed by atoms with Gasteiger partial charge in [0.25, 0.3) is 0 Å². The molecule has 0 fully saturated rings. The predicted octanol–water partition coefficient (Wildman–Crippen LogP) is 2.62. The molecular formula is C12H26O4SSi. The van der Waals surface area contributed by atoms with E-state index in [1.54, 1.807) is 0 Å². The van der Waals surface area contributed by atoms with Crippen LogP contribution in [0.1, 0.15) is 27.7 Å². The summed E-state index contributed by atoms with van der Waals surface area (Å²) >= 11 is 1.43. The highest BCUT2D eigenvalue weighted by atomic mass is 32.2. The summed E-state index contributed by atoms with van der Waals surface area (Å²) < 4.78 is 11.0. The molecule has 0 spiro atoms. The molecule has 0 bridgehead atoms. The van der Waals surface area contributed by atoms with Crippen molar-refractivity contribution in [2.75, 3.05) is 19.0 Å². The molecule has 0 heterocycles. The van der Waals surface area contributed by atoms with Crippen molar-refractivity contribution in [2.24, 2.45) is 0 Å². The van der Waals surface area contributed by atoms with E-state index in [0.29, 0.717) is 6.61 Å². The average molecular weight is 294 g/mol. The van der Waals surface area contributed by atoms with E-state index in [1.807, 2.05) is 0 Å². The number of hydrogen-bond donors (Lipinski definition) is 1. The van der Waals surface area contributed by atoms with Crippen molar-refractivity contribution in [2.45, 2.75) is 51.3 Å². The van der Waals surface area contributed by atoms with Gasteiger partial charge >= 0.3 is 5.97 Å². The number of aliphatic hydroxyl groups is 1. The first-order valence-electron chi connectivity index (χ1n) is 6.57. The molecule has 0 aliphatic rings. The summed E-state index contributed by atoms with van der Waals surface area (Å²) in [5, 5.41) is 9.04. The first-order chi connectivity index (χ1) is 8.53. The Morgan fingerprint density at radius 3 is 2.22 bits per heavy atom. The summed E-state index contributed by atoms with van der Waals surface area (Å²) in [5.74, 6) is 0.384. The van der Waals surface area contributed by atoms with Crippen LogP contribution in [-0.4, -0.2) is 43.8 Å². The fraction of sp³-hybridized carbons (Fsp3) is 0.917. The van der Waals surface area contributed by atoms with E-state index in [0.717, 1.165) is 23.9 Å². The minimum Gasteiger partial charge on any atom is -0.449 e. The Kier molecular flexibility index (Phi) is 9.81. The molecule has 0 aliphatic carbocycles. The Morgan fingerprint density at radius 2 is 1.83 bits per heavy atom. The van der Waals surface area contributed by atoms with Crippen LogP contribution < -0.4 is 0 Å². The summed E-state index contributed by atoms with van der Waals surface area (Å²) in [7, 11) is -1.52. The molecule has 18 heavy (non-hydrogen) atoms.